The maximum Gasteiger partial charge on any atom is 0.311 e. The van der Waals surface area contributed by atoms with E-state index in [0.717, 1.165) is 10.2 Å². The van der Waals surface area contributed by atoms with Gasteiger partial charge in [0, 0.05) is 28.8 Å². The Morgan fingerprint density at radius 2 is 1.64 bits per heavy atom. The van der Waals surface area contributed by atoms with E-state index in [1.165, 1.54) is 5.56 Å². The first-order valence-electron chi connectivity index (χ1n) is 12.5. The fraction of sp³-hybridized carbons (Fsp3) is 0.300. The second-order valence-electron chi connectivity index (χ2n) is 10.5. The minimum Gasteiger partial charge on any atom is -0.457 e. The summed E-state index contributed by atoms with van der Waals surface area (Å²) in [5.74, 6) is -0.573. The van der Waals surface area contributed by atoms with Gasteiger partial charge < -0.3 is 19.7 Å². The van der Waals surface area contributed by atoms with Crippen molar-refractivity contribution in [1.29, 1.82) is 0 Å². The lowest BCUT2D eigenvalue weighted by Crippen LogP contribution is -2.28. The van der Waals surface area contributed by atoms with Crippen LogP contribution in [0.3, 0.4) is 0 Å². The number of hydrogen-bond acceptors (Lipinski definition) is 5. The normalized spacial score (nSPS) is 15.3. The molecule has 3 aromatic carbocycles. The molecule has 1 saturated heterocycles. The number of ether oxygens (including phenoxy) is 2. The summed E-state index contributed by atoms with van der Waals surface area (Å²) in [6.07, 6.45) is 0.0141. The Bertz CT molecular complexity index is 1380. The van der Waals surface area contributed by atoms with E-state index in [1.807, 2.05) is 24.3 Å². The molecule has 1 atom stereocenters. The number of rotatable bonds is 7. The van der Waals surface area contributed by atoms with Crippen molar-refractivity contribution >= 4 is 56.7 Å². The highest BCUT2D eigenvalue weighted by molar-refractivity contribution is 9.10. The third kappa shape index (κ3) is 6.99. The van der Waals surface area contributed by atoms with Crippen LogP contribution in [-0.2, 0) is 24.5 Å². The van der Waals surface area contributed by atoms with Crippen molar-refractivity contribution in [3.05, 3.63) is 81.3 Å². The first-order valence-corrected chi connectivity index (χ1v) is 13.7. The number of nitrogens with zero attached hydrogens (tertiary/aromatic N) is 1. The molecule has 9 heteroatoms. The molecule has 204 valence electrons. The molecule has 0 radical (unpaired) electrons. The number of halogens is 2. The second kappa shape index (κ2) is 11.8. The van der Waals surface area contributed by atoms with Gasteiger partial charge in [0.05, 0.1) is 10.9 Å². The number of nitrogens with one attached hydrogen (secondary N) is 1. The Morgan fingerprint density at radius 3 is 2.26 bits per heavy atom. The lowest BCUT2D eigenvalue weighted by atomic mass is 9.87. The highest BCUT2D eigenvalue weighted by Crippen LogP contribution is 2.32. The largest absolute Gasteiger partial charge is 0.457 e. The average Bonchev–Trinajstić information content (AvgIpc) is 3.29. The Kier molecular flexibility index (Phi) is 8.67. The minimum absolute atomic E-state index is 0.0141. The minimum atomic E-state index is -0.661. The van der Waals surface area contributed by atoms with E-state index in [1.54, 1.807) is 48.2 Å². The Labute approximate surface area is 241 Å². The van der Waals surface area contributed by atoms with Gasteiger partial charge in [0.1, 0.15) is 11.5 Å². The zero-order valence-corrected chi connectivity index (χ0v) is 24.6. The summed E-state index contributed by atoms with van der Waals surface area (Å²) in [6.45, 7) is 7.96. The monoisotopic (exact) mass is 612 g/mol. The zero-order valence-electron chi connectivity index (χ0n) is 22.2. The van der Waals surface area contributed by atoms with Crippen molar-refractivity contribution in [3.8, 4) is 11.5 Å². The van der Waals surface area contributed by atoms with E-state index in [2.05, 4.69) is 42.0 Å². The summed E-state index contributed by atoms with van der Waals surface area (Å²) in [4.78, 5) is 39.1. The Hall–Kier alpha value is -3.36. The molecule has 1 fully saturated rings. The molecule has 0 aliphatic carbocycles. The summed E-state index contributed by atoms with van der Waals surface area (Å²) in [5.41, 5.74) is 3.16. The van der Waals surface area contributed by atoms with Gasteiger partial charge in [0.25, 0.3) is 5.91 Å². The zero-order chi connectivity index (χ0) is 28.3. The summed E-state index contributed by atoms with van der Waals surface area (Å²) in [5, 5.41) is 3.18. The van der Waals surface area contributed by atoms with Crippen molar-refractivity contribution in [2.45, 2.75) is 39.5 Å². The predicted octanol–water partition coefficient (Wildman–Crippen LogP) is 7.04. The number of carbonyl (C=O) groups excluding carboxylic acids is 3. The molecule has 0 saturated carbocycles. The van der Waals surface area contributed by atoms with Crippen molar-refractivity contribution in [2.24, 2.45) is 5.92 Å². The molecule has 1 heterocycles. The van der Waals surface area contributed by atoms with E-state index in [0.29, 0.717) is 27.7 Å². The van der Waals surface area contributed by atoms with Crippen LogP contribution >= 0.6 is 27.5 Å². The van der Waals surface area contributed by atoms with Crippen molar-refractivity contribution in [3.63, 3.8) is 0 Å². The molecule has 1 aliphatic rings. The SMILES string of the molecule is Cc1c(NC(=O)COC(=O)[C@@H]2CC(=O)N(c3ccc(Oc4ccc(C(C)(C)C)cc4)cc3)C2)ccc(Br)c1Cl. The topological polar surface area (TPSA) is 84.9 Å². The van der Waals surface area contributed by atoms with E-state index in [4.69, 9.17) is 21.1 Å². The number of hydrogen-bond donors (Lipinski definition) is 1. The van der Waals surface area contributed by atoms with E-state index in [-0.39, 0.29) is 24.3 Å². The van der Waals surface area contributed by atoms with Gasteiger partial charge in [-0.1, -0.05) is 44.5 Å². The van der Waals surface area contributed by atoms with Crippen molar-refractivity contribution in [1.82, 2.24) is 0 Å². The first-order chi connectivity index (χ1) is 18.4. The lowest BCUT2D eigenvalue weighted by molar-refractivity contribution is -0.151. The highest BCUT2D eigenvalue weighted by atomic mass is 79.9. The average molecular weight is 614 g/mol. The van der Waals surface area contributed by atoms with E-state index in [9.17, 15) is 14.4 Å². The summed E-state index contributed by atoms with van der Waals surface area (Å²) >= 11 is 9.53. The molecule has 0 spiro atoms. The van der Waals surface area contributed by atoms with Gasteiger partial charge in [-0.2, -0.15) is 0 Å². The van der Waals surface area contributed by atoms with Gasteiger partial charge in [-0.25, -0.2) is 0 Å². The van der Waals surface area contributed by atoms with Gasteiger partial charge in [-0.15, -0.1) is 0 Å². The molecule has 39 heavy (non-hydrogen) atoms. The summed E-state index contributed by atoms with van der Waals surface area (Å²) in [7, 11) is 0. The molecular formula is C30H30BrClN2O5. The van der Waals surface area contributed by atoms with Crippen LogP contribution in [0.2, 0.25) is 5.02 Å². The molecule has 4 rings (SSSR count). The number of esters is 1. The third-order valence-corrected chi connectivity index (χ3v) is 7.90. The van der Waals surface area contributed by atoms with Crippen LogP contribution in [0.25, 0.3) is 0 Å². The predicted molar refractivity (Wildman–Crippen MR) is 156 cm³/mol. The number of carbonyl (C=O) groups is 3. The molecule has 1 N–H and O–H groups in total. The quantitative estimate of drug-likeness (QED) is 0.289. The third-order valence-electron chi connectivity index (χ3n) is 6.52. The number of anilines is 2. The van der Waals surface area contributed by atoms with Crippen LogP contribution in [-0.4, -0.2) is 30.9 Å². The van der Waals surface area contributed by atoms with Gasteiger partial charge in [0.2, 0.25) is 5.91 Å². The molecule has 0 aromatic heterocycles. The fourth-order valence-corrected chi connectivity index (χ4v) is 4.79. The van der Waals surface area contributed by atoms with Gasteiger partial charge in [0.15, 0.2) is 6.61 Å². The Morgan fingerprint density at radius 1 is 1.03 bits per heavy atom. The Balaban J connectivity index is 1.30. The van der Waals surface area contributed by atoms with Gasteiger partial charge in [-0.3, -0.25) is 14.4 Å². The number of benzene rings is 3. The van der Waals surface area contributed by atoms with Crippen LogP contribution in [0.1, 0.15) is 38.3 Å². The molecule has 1 aliphatic heterocycles. The fourth-order valence-electron chi connectivity index (χ4n) is 4.20. The van der Waals surface area contributed by atoms with E-state index >= 15 is 0 Å². The standard InChI is InChI=1S/C30H30BrClN2O5/c1-18-25(14-13-24(31)28(18)32)33-26(35)17-38-29(37)19-15-27(36)34(16-19)21-7-11-23(12-8-21)39-22-9-5-20(6-10-22)30(2,3)4/h5-14,19H,15-17H2,1-4H3,(H,33,35)/t19-/m1/s1. The van der Waals surface area contributed by atoms with E-state index < -0.39 is 24.4 Å². The number of amides is 2. The molecule has 0 unspecified atom stereocenters. The smallest absolute Gasteiger partial charge is 0.311 e. The lowest BCUT2D eigenvalue weighted by Gasteiger charge is -2.19. The first kappa shape index (κ1) is 28.6. The summed E-state index contributed by atoms with van der Waals surface area (Å²) < 4.78 is 11.9. The van der Waals surface area contributed by atoms with Crippen LogP contribution in [0.4, 0.5) is 11.4 Å². The van der Waals surface area contributed by atoms with Crippen molar-refractivity contribution in [2.75, 3.05) is 23.4 Å². The van der Waals surface area contributed by atoms with Crippen molar-refractivity contribution < 1.29 is 23.9 Å². The summed E-state index contributed by atoms with van der Waals surface area (Å²) in [6, 6.07) is 18.5. The van der Waals surface area contributed by atoms with Crippen LogP contribution < -0.4 is 15.0 Å². The van der Waals surface area contributed by atoms with Crippen LogP contribution in [0.5, 0.6) is 11.5 Å². The molecule has 2 amide bonds. The molecule has 3 aromatic rings. The van der Waals surface area contributed by atoms with Gasteiger partial charge in [-0.05, 0) is 87.9 Å². The molecular weight excluding hydrogens is 584 g/mol. The maximum absolute atomic E-state index is 12.6. The van der Waals surface area contributed by atoms with Crippen LogP contribution in [0, 0.1) is 12.8 Å². The van der Waals surface area contributed by atoms with Crippen LogP contribution in [0.15, 0.2) is 65.1 Å². The molecule has 0 bridgehead atoms. The highest BCUT2D eigenvalue weighted by Gasteiger charge is 2.36. The van der Waals surface area contributed by atoms with Gasteiger partial charge >= 0.3 is 5.97 Å². The second-order valence-corrected chi connectivity index (χ2v) is 11.7. The maximum atomic E-state index is 12.6. The molecule has 7 nitrogen and oxygen atoms in total.